The first-order valence-corrected chi connectivity index (χ1v) is 5.65. The van der Waals surface area contributed by atoms with Crippen LogP contribution >= 0.6 is 0 Å². The topological polar surface area (TPSA) is 38.9 Å². The van der Waals surface area contributed by atoms with Gasteiger partial charge in [-0.15, -0.1) is 0 Å². The summed E-state index contributed by atoms with van der Waals surface area (Å²) in [7, 11) is 0. The normalized spacial score (nSPS) is 12.4. The Bertz CT molecular complexity index is 511. The maximum absolute atomic E-state index is 13.1. The highest BCUT2D eigenvalue weighted by molar-refractivity contribution is 5.32. The van der Waals surface area contributed by atoms with Gasteiger partial charge in [0.05, 0.1) is 12.2 Å². The van der Waals surface area contributed by atoms with Gasteiger partial charge in [-0.05, 0) is 29.2 Å². The Morgan fingerprint density at radius 2 is 2.06 bits per heavy atom. The van der Waals surface area contributed by atoms with E-state index in [0.29, 0.717) is 5.56 Å². The SMILES string of the molecule is CCc1cccc(C(N)c2cncc(F)c2)c1. The molecule has 3 heteroatoms. The lowest BCUT2D eigenvalue weighted by molar-refractivity contribution is 0.616. The van der Waals surface area contributed by atoms with Gasteiger partial charge in [0.1, 0.15) is 5.82 Å². The van der Waals surface area contributed by atoms with Crippen LogP contribution in [0, 0.1) is 5.82 Å². The summed E-state index contributed by atoms with van der Waals surface area (Å²) in [4.78, 5) is 3.82. The maximum Gasteiger partial charge on any atom is 0.141 e. The fraction of sp³-hybridized carbons (Fsp3) is 0.214. The van der Waals surface area contributed by atoms with E-state index >= 15 is 0 Å². The minimum atomic E-state index is -0.357. The molecule has 0 spiro atoms. The number of aryl methyl sites for hydroxylation is 1. The van der Waals surface area contributed by atoms with Gasteiger partial charge in [0.25, 0.3) is 0 Å². The Labute approximate surface area is 100 Å². The molecule has 0 saturated heterocycles. The lowest BCUT2D eigenvalue weighted by atomic mass is 9.98. The Kier molecular flexibility index (Phi) is 3.49. The summed E-state index contributed by atoms with van der Waals surface area (Å²) in [6.45, 7) is 2.09. The van der Waals surface area contributed by atoms with Gasteiger partial charge in [-0.3, -0.25) is 4.98 Å². The first kappa shape index (κ1) is 11.7. The van der Waals surface area contributed by atoms with Gasteiger partial charge in [0.15, 0.2) is 0 Å². The highest BCUT2D eigenvalue weighted by Crippen LogP contribution is 2.20. The zero-order valence-corrected chi connectivity index (χ0v) is 9.73. The zero-order chi connectivity index (χ0) is 12.3. The molecular formula is C14H15FN2. The number of hydrogen-bond acceptors (Lipinski definition) is 2. The largest absolute Gasteiger partial charge is 0.320 e. The van der Waals surface area contributed by atoms with Crippen LogP contribution in [0.3, 0.4) is 0 Å². The van der Waals surface area contributed by atoms with E-state index < -0.39 is 0 Å². The van der Waals surface area contributed by atoms with E-state index in [1.807, 2.05) is 12.1 Å². The van der Waals surface area contributed by atoms with Crippen molar-refractivity contribution < 1.29 is 4.39 Å². The molecule has 2 aromatic rings. The standard InChI is InChI=1S/C14H15FN2/c1-2-10-4-3-5-11(6-10)14(16)12-7-13(15)9-17-8-12/h3-9,14H,2,16H2,1H3. The molecule has 0 fully saturated rings. The molecule has 1 unspecified atom stereocenters. The molecular weight excluding hydrogens is 215 g/mol. The molecule has 0 amide bonds. The molecule has 2 rings (SSSR count). The van der Waals surface area contributed by atoms with Gasteiger partial charge in [-0.2, -0.15) is 0 Å². The number of nitrogens with zero attached hydrogens (tertiary/aromatic N) is 1. The summed E-state index contributed by atoms with van der Waals surface area (Å²) in [5, 5.41) is 0. The minimum Gasteiger partial charge on any atom is -0.320 e. The van der Waals surface area contributed by atoms with Crippen molar-refractivity contribution in [2.75, 3.05) is 0 Å². The first-order chi connectivity index (χ1) is 8.20. The van der Waals surface area contributed by atoms with Crippen LogP contribution in [-0.2, 0) is 6.42 Å². The summed E-state index contributed by atoms with van der Waals surface area (Å²) < 4.78 is 13.1. The van der Waals surface area contributed by atoms with E-state index in [1.165, 1.54) is 17.8 Å². The maximum atomic E-state index is 13.1. The fourth-order valence-corrected chi connectivity index (χ4v) is 1.80. The summed E-state index contributed by atoms with van der Waals surface area (Å²) >= 11 is 0. The number of hydrogen-bond donors (Lipinski definition) is 1. The summed E-state index contributed by atoms with van der Waals surface area (Å²) in [6.07, 6.45) is 3.74. The Morgan fingerprint density at radius 3 is 2.76 bits per heavy atom. The van der Waals surface area contributed by atoms with Crippen LogP contribution < -0.4 is 5.73 Å². The van der Waals surface area contributed by atoms with Gasteiger partial charge < -0.3 is 5.73 Å². The molecule has 0 aliphatic carbocycles. The Balaban J connectivity index is 2.33. The molecule has 0 aliphatic rings. The lowest BCUT2D eigenvalue weighted by Crippen LogP contribution is -2.12. The molecule has 1 aromatic carbocycles. The molecule has 1 atom stereocenters. The van der Waals surface area contributed by atoms with E-state index in [2.05, 4.69) is 24.0 Å². The average Bonchev–Trinajstić information content (AvgIpc) is 2.38. The molecule has 0 aliphatic heterocycles. The van der Waals surface area contributed by atoms with Crippen LogP contribution in [0.15, 0.2) is 42.7 Å². The van der Waals surface area contributed by atoms with Crippen molar-refractivity contribution in [3.8, 4) is 0 Å². The highest BCUT2D eigenvalue weighted by atomic mass is 19.1. The number of nitrogens with two attached hydrogens (primary N) is 1. The number of benzene rings is 1. The molecule has 1 heterocycles. The van der Waals surface area contributed by atoms with E-state index in [0.717, 1.165) is 12.0 Å². The van der Waals surface area contributed by atoms with Gasteiger partial charge in [0.2, 0.25) is 0 Å². The van der Waals surface area contributed by atoms with Crippen molar-refractivity contribution in [3.05, 3.63) is 65.2 Å². The van der Waals surface area contributed by atoms with Crippen molar-refractivity contribution in [2.45, 2.75) is 19.4 Å². The third kappa shape index (κ3) is 2.68. The smallest absolute Gasteiger partial charge is 0.141 e. The fourth-order valence-electron chi connectivity index (χ4n) is 1.80. The van der Waals surface area contributed by atoms with Crippen molar-refractivity contribution >= 4 is 0 Å². The quantitative estimate of drug-likeness (QED) is 0.880. The van der Waals surface area contributed by atoms with Crippen LogP contribution in [0.25, 0.3) is 0 Å². The third-order valence-corrected chi connectivity index (χ3v) is 2.80. The van der Waals surface area contributed by atoms with E-state index in [4.69, 9.17) is 5.73 Å². The van der Waals surface area contributed by atoms with Gasteiger partial charge in [-0.25, -0.2) is 4.39 Å². The molecule has 88 valence electrons. The monoisotopic (exact) mass is 230 g/mol. The van der Waals surface area contributed by atoms with Gasteiger partial charge in [-0.1, -0.05) is 31.2 Å². The number of pyridine rings is 1. The second-order valence-electron chi connectivity index (χ2n) is 4.01. The number of aromatic nitrogens is 1. The Hall–Kier alpha value is -1.74. The summed E-state index contributed by atoms with van der Waals surface area (Å²) in [6, 6.07) is 9.13. The lowest BCUT2D eigenvalue weighted by Gasteiger charge is -2.13. The predicted octanol–water partition coefficient (Wildman–Crippen LogP) is 2.83. The van der Waals surface area contributed by atoms with E-state index in [-0.39, 0.29) is 11.9 Å². The van der Waals surface area contributed by atoms with Crippen LogP contribution in [-0.4, -0.2) is 4.98 Å². The van der Waals surface area contributed by atoms with Crippen LogP contribution in [0.2, 0.25) is 0 Å². The zero-order valence-electron chi connectivity index (χ0n) is 9.73. The molecule has 0 saturated carbocycles. The summed E-state index contributed by atoms with van der Waals surface area (Å²) in [5.41, 5.74) is 9.00. The number of halogens is 1. The van der Waals surface area contributed by atoms with Crippen LogP contribution in [0.4, 0.5) is 4.39 Å². The Morgan fingerprint density at radius 1 is 1.24 bits per heavy atom. The van der Waals surface area contributed by atoms with Crippen LogP contribution in [0.5, 0.6) is 0 Å². The predicted molar refractivity (Wildman–Crippen MR) is 66.0 cm³/mol. The van der Waals surface area contributed by atoms with E-state index in [9.17, 15) is 4.39 Å². The third-order valence-electron chi connectivity index (χ3n) is 2.80. The number of rotatable bonds is 3. The molecule has 2 nitrogen and oxygen atoms in total. The molecule has 0 radical (unpaired) electrons. The van der Waals surface area contributed by atoms with Crippen molar-refractivity contribution in [2.24, 2.45) is 5.73 Å². The molecule has 17 heavy (non-hydrogen) atoms. The van der Waals surface area contributed by atoms with Crippen molar-refractivity contribution in [1.29, 1.82) is 0 Å². The van der Waals surface area contributed by atoms with Gasteiger partial charge in [0, 0.05) is 6.20 Å². The summed E-state index contributed by atoms with van der Waals surface area (Å²) in [5.74, 6) is -0.357. The minimum absolute atomic E-state index is 0.329. The molecule has 1 aromatic heterocycles. The second kappa shape index (κ2) is 5.06. The first-order valence-electron chi connectivity index (χ1n) is 5.65. The average molecular weight is 230 g/mol. The highest BCUT2D eigenvalue weighted by Gasteiger charge is 2.10. The van der Waals surface area contributed by atoms with Gasteiger partial charge >= 0.3 is 0 Å². The van der Waals surface area contributed by atoms with Crippen molar-refractivity contribution in [1.82, 2.24) is 4.98 Å². The van der Waals surface area contributed by atoms with E-state index in [1.54, 1.807) is 6.20 Å². The molecule has 0 bridgehead atoms. The van der Waals surface area contributed by atoms with Crippen LogP contribution in [0.1, 0.15) is 29.7 Å². The van der Waals surface area contributed by atoms with Crippen molar-refractivity contribution in [3.63, 3.8) is 0 Å². The molecule has 2 N–H and O–H groups in total. The second-order valence-corrected chi connectivity index (χ2v) is 4.01.